The van der Waals surface area contributed by atoms with Crippen molar-refractivity contribution in [1.29, 1.82) is 0 Å². The van der Waals surface area contributed by atoms with Crippen LogP contribution in [0.15, 0.2) is 29.0 Å². The summed E-state index contributed by atoms with van der Waals surface area (Å²) in [5, 5.41) is 4.30. The Balaban J connectivity index is 2.20. The average Bonchev–Trinajstić information content (AvgIpc) is 2.65. The van der Waals surface area contributed by atoms with Gasteiger partial charge in [-0.3, -0.25) is 0 Å². The van der Waals surface area contributed by atoms with Crippen LogP contribution >= 0.6 is 22.7 Å². The molecule has 0 saturated carbocycles. The molecule has 62 valence electrons. The van der Waals surface area contributed by atoms with Crippen molar-refractivity contribution in [2.75, 3.05) is 0 Å². The first-order valence-corrected chi connectivity index (χ1v) is 5.67. The first kappa shape index (κ1) is 8.02. The molecule has 0 spiro atoms. The van der Waals surface area contributed by atoms with Gasteiger partial charge < -0.3 is 0 Å². The minimum absolute atomic E-state index is 1.11. The smallest absolute Gasteiger partial charge is 0.0166 e. The summed E-state index contributed by atoms with van der Waals surface area (Å²) in [6, 6.07) is 6.50. The molecule has 0 bridgehead atoms. The van der Waals surface area contributed by atoms with E-state index in [2.05, 4.69) is 35.9 Å². The summed E-state index contributed by atoms with van der Waals surface area (Å²) < 4.78 is 0. The maximum atomic E-state index is 2.20. The van der Waals surface area contributed by atoms with Gasteiger partial charge in [0.15, 0.2) is 0 Å². The van der Waals surface area contributed by atoms with E-state index in [4.69, 9.17) is 0 Å². The van der Waals surface area contributed by atoms with Gasteiger partial charge in [-0.1, -0.05) is 6.07 Å². The standard InChI is InChI=1S/C10H10S2/c1-8-4-6-12-10(8)7-9-3-2-5-11-9/h2-6H,7H2,1H3. The van der Waals surface area contributed by atoms with E-state index >= 15 is 0 Å². The fourth-order valence-corrected chi connectivity index (χ4v) is 2.89. The van der Waals surface area contributed by atoms with Gasteiger partial charge in [-0.15, -0.1) is 22.7 Å². The van der Waals surface area contributed by atoms with Crippen LogP contribution in [0.1, 0.15) is 15.3 Å². The zero-order chi connectivity index (χ0) is 8.39. The van der Waals surface area contributed by atoms with Gasteiger partial charge in [0.1, 0.15) is 0 Å². The molecule has 0 fully saturated rings. The first-order valence-electron chi connectivity index (χ1n) is 3.91. The Morgan fingerprint density at radius 3 is 2.67 bits per heavy atom. The van der Waals surface area contributed by atoms with Crippen LogP contribution in [-0.2, 0) is 6.42 Å². The third-order valence-corrected chi connectivity index (χ3v) is 3.78. The summed E-state index contributed by atoms with van der Waals surface area (Å²) in [4.78, 5) is 2.96. The van der Waals surface area contributed by atoms with Crippen molar-refractivity contribution in [1.82, 2.24) is 0 Å². The van der Waals surface area contributed by atoms with Crippen molar-refractivity contribution in [2.45, 2.75) is 13.3 Å². The lowest BCUT2D eigenvalue weighted by Gasteiger charge is -1.94. The predicted octanol–water partition coefficient (Wildman–Crippen LogP) is 3.71. The van der Waals surface area contributed by atoms with E-state index in [-0.39, 0.29) is 0 Å². The number of hydrogen-bond donors (Lipinski definition) is 0. The Morgan fingerprint density at radius 2 is 2.08 bits per heavy atom. The Kier molecular flexibility index (Phi) is 2.28. The highest BCUT2D eigenvalue weighted by Gasteiger charge is 2.01. The van der Waals surface area contributed by atoms with Gasteiger partial charge in [0.2, 0.25) is 0 Å². The minimum atomic E-state index is 1.11. The predicted molar refractivity (Wildman–Crippen MR) is 56.2 cm³/mol. The van der Waals surface area contributed by atoms with Crippen LogP contribution in [0, 0.1) is 6.92 Å². The van der Waals surface area contributed by atoms with Crippen LogP contribution in [0.5, 0.6) is 0 Å². The molecule has 0 nitrogen and oxygen atoms in total. The summed E-state index contributed by atoms with van der Waals surface area (Å²) >= 11 is 3.69. The molecule has 2 aromatic rings. The largest absolute Gasteiger partial charge is 0.149 e. The van der Waals surface area contributed by atoms with Gasteiger partial charge >= 0.3 is 0 Å². The van der Waals surface area contributed by atoms with Crippen molar-refractivity contribution in [3.05, 3.63) is 44.3 Å². The molecule has 2 rings (SSSR count). The van der Waals surface area contributed by atoms with Crippen LogP contribution in [0.4, 0.5) is 0 Å². The van der Waals surface area contributed by atoms with Gasteiger partial charge in [0.05, 0.1) is 0 Å². The van der Waals surface area contributed by atoms with Crippen molar-refractivity contribution in [3.63, 3.8) is 0 Å². The lowest BCUT2D eigenvalue weighted by atomic mass is 10.2. The highest BCUT2D eigenvalue weighted by molar-refractivity contribution is 7.11. The monoisotopic (exact) mass is 194 g/mol. The molecule has 2 aromatic heterocycles. The second-order valence-electron chi connectivity index (χ2n) is 2.78. The average molecular weight is 194 g/mol. The van der Waals surface area contributed by atoms with E-state index in [1.54, 1.807) is 0 Å². The van der Waals surface area contributed by atoms with E-state index in [9.17, 15) is 0 Å². The summed E-state index contributed by atoms with van der Waals surface area (Å²) in [6.45, 7) is 2.18. The SMILES string of the molecule is Cc1ccsc1Cc1cccs1. The van der Waals surface area contributed by atoms with E-state index in [1.807, 2.05) is 22.7 Å². The van der Waals surface area contributed by atoms with Gasteiger partial charge in [-0.05, 0) is 35.4 Å². The van der Waals surface area contributed by atoms with E-state index < -0.39 is 0 Å². The molecule has 0 aliphatic heterocycles. The van der Waals surface area contributed by atoms with E-state index in [0.29, 0.717) is 0 Å². The maximum Gasteiger partial charge on any atom is 0.0166 e. The van der Waals surface area contributed by atoms with Crippen LogP contribution < -0.4 is 0 Å². The second-order valence-corrected chi connectivity index (χ2v) is 4.82. The summed E-state index contributed by atoms with van der Waals surface area (Å²) in [7, 11) is 0. The van der Waals surface area contributed by atoms with Crippen LogP contribution in [0.3, 0.4) is 0 Å². The lowest BCUT2D eigenvalue weighted by Crippen LogP contribution is -1.81. The Hall–Kier alpha value is -0.600. The number of rotatable bonds is 2. The third kappa shape index (κ3) is 1.59. The Morgan fingerprint density at radius 1 is 1.17 bits per heavy atom. The number of thiophene rings is 2. The third-order valence-electron chi connectivity index (χ3n) is 1.88. The van der Waals surface area contributed by atoms with E-state index in [1.165, 1.54) is 15.3 Å². The van der Waals surface area contributed by atoms with E-state index in [0.717, 1.165) is 6.42 Å². The molecule has 2 heteroatoms. The highest BCUT2D eigenvalue weighted by Crippen LogP contribution is 2.21. The minimum Gasteiger partial charge on any atom is -0.149 e. The topological polar surface area (TPSA) is 0 Å². The first-order chi connectivity index (χ1) is 5.86. The Labute approximate surface area is 80.5 Å². The molecule has 0 amide bonds. The van der Waals surface area contributed by atoms with Gasteiger partial charge in [0.25, 0.3) is 0 Å². The lowest BCUT2D eigenvalue weighted by molar-refractivity contribution is 1.26. The van der Waals surface area contributed by atoms with Crippen LogP contribution in [-0.4, -0.2) is 0 Å². The quantitative estimate of drug-likeness (QED) is 0.683. The molecule has 0 aliphatic carbocycles. The number of aryl methyl sites for hydroxylation is 1. The highest BCUT2D eigenvalue weighted by atomic mass is 32.1. The second kappa shape index (κ2) is 3.42. The molecule has 0 atom stereocenters. The van der Waals surface area contributed by atoms with Crippen LogP contribution in [0.25, 0.3) is 0 Å². The fourth-order valence-electron chi connectivity index (χ4n) is 1.16. The Bertz CT molecular complexity index is 344. The normalized spacial score (nSPS) is 10.4. The molecule has 0 radical (unpaired) electrons. The van der Waals surface area contributed by atoms with Crippen molar-refractivity contribution < 1.29 is 0 Å². The summed E-state index contributed by atoms with van der Waals surface area (Å²) in [5.74, 6) is 0. The summed E-state index contributed by atoms with van der Waals surface area (Å²) in [6.07, 6.45) is 1.11. The van der Waals surface area contributed by atoms with Gasteiger partial charge in [-0.2, -0.15) is 0 Å². The number of hydrogen-bond acceptors (Lipinski definition) is 2. The molecular formula is C10H10S2. The summed E-state index contributed by atoms with van der Waals surface area (Å²) in [5.41, 5.74) is 1.42. The molecule has 12 heavy (non-hydrogen) atoms. The molecule has 0 aromatic carbocycles. The zero-order valence-corrected chi connectivity index (χ0v) is 8.54. The molecule has 0 unspecified atom stereocenters. The molecule has 0 saturated heterocycles. The molecule has 0 N–H and O–H groups in total. The molecular weight excluding hydrogens is 184 g/mol. The van der Waals surface area contributed by atoms with Crippen molar-refractivity contribution in [3.8, 4) is 0 Å². The molecule has 0 aliphatic rings. The maximum absolute atomic E-state index is 2.20. The van der Waals surface area contributed by atoms with Gasteiger partial charge in [-0.25, -0.2) is 0 Å². The van der Waals surface area contributed by atoms with Crippen LogP contribution in [0.2, 0.25) is 0 Å². The van der Waals surface area contributed by atoms with Gasteiger partial charge in [0, 0.05) is 16.2 Å². The molecule has 2 heterocycles. The zero-order valence-electron chi connectivity index (χ0n) is 6.91. The van der Waals surface area contributed by atoms with Crippen molar-refractivity contribution >= 4 is 22.7 Å². The fraction of sp³-hybridized carbons (Fsp3) is 0.200. The van der Waals surface area contributed by atoms with Crippen molar-refractivity contribution in [2.24, 2.45) is 0 Å².